The van der Waals surface area contributed by atoms with E-state index in [1.54, 1.807) is 0 Å². The average molecular weight is 200 g/mol. The summed E-state index contributed by atoms with van der Waals surface area (Å²) in [4.78, 5) is 4.55. The van der Waals surface area contributed by atoms with Gasteiger partial charge in [0, 0.05) is 19.6 Å². The molecule has 1 aliphatic heterocycles. The van der Waals surface area contributed by atoms with Gasteiger partial charge < -0.3 is 15.8 Å². The number of likely N-dealkylation sites (N-methyl/N-ethyl adjacent to an activating group) is 1. The molecule has 0 amide bonds. The molecule has 1 atom stereocenters. The highest BCUT2D eigenvalue weighted by molar-refractivity contribution is 5.84. The molecule has 82 valence electrons. The van der Waals surface area contributed by atoms with Gasteiger partial charge in [-0.3, -0.25) is 4.90 Å². The molecule has 0 saturated carbocycles. The van der Waals surface area contributed by atoms with E-state index >= 15 is 0 Å². The molecule has 14 heavy (non-hydrogen) atoms. The van der Waals surface area contributed by atoms with Gasteiger partial charge in [0.25, 0.3) is 0 Å². The third-order valence-corrected chi connectivity index (χ3v) is 2.85. The molecule has 5 nitrogen and oxygen atoms in total. The van der Waals surface area contributed by atoms with Crippen LogP contribution in [-0.2, 0) is 0 Å². The van der Waals surface area contributed by atoms with Crippen LogP contribution in [0.15, 0.2) is 5.16 Å². The second-order valence-corrected chi connectivity index (χ2v) is 3.89. The number of amidine groups is 1. The summed E-state index contributed by atoms with van der Waals surface area (Å²) < 4.78 is 0. The quantitative estimate of drug-likeness (QED) is 0.279. The van der Waals surface area contributed by atoms with Gasteiger partial charge in [0.1, 0.15) is 0 Å². The first-order valence-corrected chi connectivity index (χ1v) is 5.05. The predicted molar refractivity (Wildman–Crippen MR) is 56.6 cm³/mol. The van der Waals surface area contributed by atoms with Crippen LogP contribution in [0.4, 0.5) is 0 Å². The molecule has 0 spiro atoms. The van der Waals surface area contributed by atoms with Gasteiger partial charge in [-0.25, -0.2) is 0 Å². The van der Waals surface area contributed by atoms with Gasteiger partial charge >= 0.3 is 0 Å². The molecule has 0 bridgehead atoms. The molecule has 1 unspecified atom stereocenters. The van der Waals surface area contributed by atoms with E-state index in [2.05, 4.69) is 22.0 Å². The third-order valence-electron chi connectivity index (χ3n) is 2.85. The van der Waals surface area contributed by atoms with Crippen LogP contribution in [0.25, 0.3) is 0 Å². The van der Waals surface area contributed by atoms with Crippen LogP contribution >= 0.6 is 0 Å². The van der Waals surface area contributed by atoms with Gasteiger partial charge in [-0.15, -0.1) is 0 Å². The molecule has 0 radical (unpaired) electrons. The summed E-state index contributed by atoms with van der Waals surface area (Å²) in [6.07, 6.45) is 1.14. The molecule has 1 fully saturated rings. The van der Waals surface area contributed by atoms with Crippen molar-refractivity contribution >= 4 is 5.84 Å². The highest BCUT2D eigenvalue weighted by Gasteiger charge is 2.20. The number of hydrogen-bond acceptors (Lipinski definition) is 4. The van der Waals surface area contributed by atoms with Crippen LogP contribution in [0.2, 0.25) is 0 Å². The Morgan fingerprint density at radius 1 is 1.36 bits per heavy atom. The van der Waals surface area contributed by atoms with Crippen LogP contribution in [0, 0.1) is 0 Å². The first-order valence-electron chi connectivity index (χ1n) is 5.05. The molecule has 1 aliphatic rings. The van der Waals surface area contributed by atoms with Gasteiger partial charge in [-0.1, -0.05) is 5.16 Å². The first-order chi connectivity index (χ1) is 6.65. The molecule has 1 rings (SSSR count). The van der Waals surface area contributed by atoms with E-state index in [1.165, 1.54) is 0 Å². The van der Waals surface area contributed by atoms with Crippen LogP contribution in [0.3, 0.4) is 0 Å². The highest BCUT2D eigenvalue weighted by atomic mass is 16.4. The summed E-state index contributed by atoms with van der Waals surface area (Å²) in [5, 5.41) is 11.6. The van der Waals surface area contributed by atoms with Gasteiger partial charge in [-0.05, 0) is 26.9 Å². The fourth-order valence-corrected chi connectivity index (χ4v) is 1.72. The summed E-state index contributed by atoms with van der Waals surface area (Å²) in [7, 11) is 2.12. The summed E-state index contributed by atoms with van der Waals surface area (Å²) in [6.45, 7) is 6.14. The zero-order valence-electron chi connectivity index (χ0n) is 8.98. The Morgan fingerprint density at radius 2 is 2.07 bits per heavy atom. The fraction of sp³-hybridized carbons (Fsp3) is 0.889. The molecule has 1 heterocycles. The maximum atomic E-state index is 8.58. The summed E-state index contributed by atoms with van der Waals surface area (Å²) >= 11 is 0. The Balaban J connectivity index is 2.51. The minimum absolute atomic E-state index is 0.0338. The average Bonchev–Trinajstić information content (AvgIpc) is 2.40. The maximum absolute atomic E-state index is 8.58. The summed E-state index contributed by atoms with van der Waals surface area (Å²) in [6, 6.07) is 0.0338. The number of oxime groups is 1. The van der Waals surface area contributed by atoms with Crippen molar-refractivity contribution < 1.29 is 5.21 Å². The second-order valence-electron chi connectivity index (χ2n) is 3.89. The van der Waals surface area contributed by atoms with Gasteiger partial charge in [0.15, 0.2) is 5.84 Å². The van der Waals surface area contributed by atoms with E-state index in [1.807, 2.05) is 6.92 Å². The smallest absolute Gasteiger partial charge is 0.156 e. The largest absolute Gasteiger partial charge is 0.409 e. The Labute approximate surface area is 85.2 Å². The number of nitrogens with zero attached hydrogens (tertiary/aromatic N) is 3. The van der Waals surface area contributed by atoms with E-state index in [-0.39, 0.29) is 6.04 Å². The van der Waals surface area contributed by atoms with Crippen LogP contribution in [0.5, 0.6) is 0 Å². The summed E-state index contributed by atoms with van der Waals surface area (Å²) in [5.41, 5.74) is 5.58. The molecular formula is C9H20N4O. The number of rotatable bonds is 2. The van der Waals surface area contributed by atoms with Crippen LogP contribution < -0.4 is 5.73 Å². The topological polar surface area (TPSA) is 65.1 Å². The van der Waals surface area contributed by atoms with Crippen LogP contribution in [0.1, 0.15) is 13.3 Å². The molecule has 0 aromatic carbocycles. The van der Waals surface area contributed by atoms with Crippen molar-refractivity contribution in [3.05, 3.63) is 0 Å². The lowest BCUT2D eigenvalue weighted by Gasteiger charge is -2.26. The minimum atomic E-state index is 0.0338. The lowest BCUT2D eigenvalue weighted by Crippen LogP contribution is -2.44. The van der Waals surface area contributed by atoms with Crippen LogP contribution in [-0.4, -0.2) is 60.1 Å². The van der Waals surface area contributed by atoms with E-state index in [9.17, 15) is 0 Å². The fourth-order valence-electron chi connectivity index (χ4n) is 1.72. The van der Waals surface area contributed by atoms with Gasteiger partial charge in [0.2, 0.25) is 0 Å². The molecule has 0 aromatic heterocycles. The lowest BCUT2D eigenvalue weighted by molar-refractivity contribution is 0.247. The monoisotopic (exact) mass is 200 g/mol. The Bertz CT molecular complexity index is 207. The zero-order valence-corrected chi connectivity index (χ0v) is 8.98. The Kier molecular flexibility index (Phi) is 4.16. The van der Waals surface area contributed by atoms with E-state index in [4.69, 9.17) is 10.9 Å². The van der Waals surface area contributed by atoms with Crippen molar-refractivity contribution in [3.8, 4) is 0 Å². The van der Waals surface area contributed by atoms with Crippen molar-refractivity contribution in [2.45, 2.75) is 19.4 Å². The Morgan fingerprint density at radius 3 is 2.71 bits per heavy atom. The van der Waals surface area contributed by atoms with Crippen molar-refractivity contribution in [1.29, 1.82) is 0 Å². The van der Waals surface area contributed by atoms with E-state index in [0.717, 1.165) is 32.6 Å². The normalized spacial score (nSPS) is 24.6. The van der Waals surface area contributed by atoms with Crippen molar-refractivity contribution in [1.82, 2.24) is 9.80 Å². The lowest BCUT2D eigenvalue weighted by atomic mass is 10.2. The minimum Gasteiger partial charge on any atom is -0.409 e. The SMILES string of the molecule is CC(/C(N)=N/O)N1CCCN(C)CC1. The van der Waals surface area contributed by atoms with Gasteiger partial charge in [0.05, 0.1) is 6.04 Å². The van der Waals surface area contributed by atoms with E-state index < -0.39 is 0 Å². The molecule has 3 N–H and O–H groups in total. The molecule has 5 heteroatoms. The predicted octanol–water partition coefficient (Wildman–Crippen LogP) is -0.241. The first kappa shape index (κ1) is 11.3. The molecule has 0 aromatic rings. The third kappa shape index (κ3) is 2.85. The highest BCUT2D eigenvalue weighted by Crippen LogP contribution is 2.05. The molecule has 1 saturated heterocycles. The van der Waals surface area contributed by atoms with E-state index in [0.29, 0.717) is 5.84 Å². The molecular weight excluding hydrogens is 180 g/mol. The Hall–Kier alpha value is -0.810. The number of nitrogens with two attached hydrogens (primary N) is 1. The second kappa shape index (κ2) is 5.17. The number of hydrogen-bond donors (Lipinski definition) is 2. The van der Waals surface area contributed by atoms with Crippen molar-refractivity contribution in [2.75, 3.05) is 33.2 Å². The van der Waals surface area contributed by atoms with Gasteiger partial charge in [-0.2, -0.15) is 0 Å². The van der Waals surface area contributed by atoms with Crippen molar-refractivity contribution in [2.24, 2.45) is 10.9 Å². The zero-order chi connectivity index (χ0) is 10.6. The maximum Gasteiger partial charge on any atom is 0.156 e. The standard InChI is InChI=1S/C9H20N4O/c1-8(9(10)11-14)13-5-3-4-12(2)6-7-13/h8,14H,3-7H2,1-2H3,(H2,10,11). The summed E-state index contributed by atoms with van der Waals surface area (Å²) in [5.74, 6) is 0.301. The van der Waals surface area contributed by atoms with Crippen molar-refractivity contribution in [3.63, 3.8) is 0 Å². The molecule has 0 aliphatic carbocycles.